The van der Waals surface area contributed by atoms with Crippen LogP contribution in [0.1, 0.15) is 32.7 Å². The number of aromatic nitrogens is 2. The van der Waals surface area contributed by atoms with E-state index in [1.165, 1.54) is 4.31 Å². The molecule has 0 bridgehead atoms. The molecule has 0 unspecified atom stereocenters. The summed E-state index contributed by atoms with van der Waals surface area (Å²) in [7, 11) is -3.63. The minimum absolute atomic E-state index is 0.0770. The maximum atomic E-state index is 13.1. The van der Waals surface area contributed by atoms with E-state index in [0.29, 0.717) is 44.0 Å². The van der Waals surface area contributed by atoms with Gasteiger partial charge in [-0.25, -0.2) is 13.4 Å². The lowest BCUT2D eigenvalue weighted by molar-refractivity contribution is -0.137. The molecule has 2 aliphatic rings. The number of sulfonamides is 1. The fraction of sp³-hybridized carbons (Fsp3) is 0.545. The van der Waals surface area contributed by atoms with E-state index >= 15 is 0 Å². The van der Waals surface area contributed by atoms with Crippen LogP contribution in [0.3, 0.4) is 0 Å². The van der Waals surface area contributed by atoms with Gasteiger partial charge in [-0.2, -0.15) is 4.31 Å². The van der Waals surface area contributed by atoms with Crippen molar-refractivity contribution >= 4 is 33.2 Å². The molecular weight excluding hydrogens is 450 g/mol. The lowest BCUT2D eigenvalue weighted by Gasteiger charge is -2.39. The Bertz CT molecular complexity index is 1060. The second-order valence-corrected chi connectivity index (χ2v) is 11.0. The monoisotopic (exact) mass is 479 g/mol. The molecular formula is C22H30ClN5O3S. The van der Waals surface area contributed by atoms with Crippen molar-refractivity contribution in [3.63, 3.8) is 0 Å². The van der Waals surface area contributed by atoms with E-state index in [4.69, 9.17) is 11.6 Å². The second kappa shape index (κ2) is 9.41. The quantitative estimate of drug-likeness (QED) is 0.658. The number of amides is 1. The maximum absolute atomic E-state index is 13.1. The summed E-state index contributed by atoms with van der Waals surface area (Å²) in [6.45, 7) is 7.49. The van der Waals surface area contributed by atoms with Gasteiger partial charge in [0.05, 0.1) is 6.33 Å². The summed E-state index contributed by atoms with van der Waals surface area (Å²) in [6, 6.07) is 7.91. The van der Waals surface area contributed by atoms with Gasteiger partial charge in [0.25, 0.3) is 10.0 Å². The highest BCUT2D eigenvalue weighted by Gasteiger charge is 2.35. The van der Waals surface area contributed by atoms with Crippen molar-refractivity contribution in [1.29, 1.82) is 0 Å². The number of piperidine rings is 1. The van der Waals surface area contributed by atoms with Crippen molar-refractivity contribution in [2.24, 2.45) is 5.92 Å². The van der Waals surface area contributed by atoms with Crippen molar-refractivity contribution in [1.82, 2.24) is 18.8 Å². The minimum atomic E-state index is -3.63. The lowest BCUT2D eigenvalue weighted by atomic mass is 9.96. The van der Waals surface area contributed by atoms with E-state index in [2.05, 4.69) is 9.88 Å². The second-order valence-electron chi connectivity index (χ2n) is 8.72. The molecule has 8 nitrogen and oxygen atoms in total. The molecule has 174 valence electrons. The normalized spacial score (nSPS) is 19.0. The highest BCUT2D eigenvalue weighted by Crippen LogP contribution is 2.26. The molecule has 0 saturated carbocycles. The Kier molecular flexibility index (Phi) is 6.78. The molecule has 4 rings (SSSR count). The van der Waals surface area contributed by atoms with Gasteiger partial charge in [-0.15, -0.1) is 0 Å². The highest BCUT2D eigenvalue weighted by atomic mass is 35.5. The van der Waals surface area contributed by atoms with Crippen LogP contribution in [0.2, 0.25) is 5.02 Å². The molecule has 2 fully saturated rings. The first kappa shape index (κ1) is 23.1. The zero-order valence-electron chi connectivity index (χ0n) is 18.5. The zero-order valence-corrected chi connectivity index (χ0v) is 20.1. The number of benzene rings is 1. The predicted molar refractivity (Wildman–Crippen MR) is 124 cm³/mol. The van der Waals surface area contributed by atoms with Crippen molar-refractivity contribution in [2.45, 2.75) is 37.8 Å². The van der Waals surface area contributed by atoms with Crippen LogP contribution in [0.5, 0.6) is 0 Å². The summed E-state index contributed by atoms with van der Waals surface area (Å²) >= 11 is 6.10. The number of piperazine rings is 1. The van der Waals surface area contributed by atoms with Crippen LogP contribution >= 0.6 is 11.6 Å². The zero-order chi connectivity index (χ0) is 22.9. The van der Waals surface area contributed by atoms with Crippen LogP contribution in [0, 0.1) is 5.92 Å². The van der Waals surface area contributed by atoms with E-state index in [9.17, 15) is 13.2 Å². The predicted octanol–water partition coefficient (Wildman–Crippen LogP) is 2.87. The average Bonchev–Trinajstić information content (AvgIpc) is 3.31. The largest absolute Gasteiger partial charge is 0.368 e. The van der Waals surface area contributed by atoms with Crippen molar-refractivity contribution in [2.75, 3.05) is 44.2 Å². The van der Waals surface area contributed by atoms with E-state index < -0.39 is 10.0 Å². The van der Waals surface area contributed by atoms with Crippen LogP contribution in [0.25, 0.3) is 0 Å². The summed E-state index contributed by atoms with van der Waals surface area (Å²) in [5, 5.41) is 0.784. The number of carbonyl (C=O) groups excluding carboxylic acids is 1. The van der Waals surface area contributed by atoms with Gasteiger partial charge in [0, 0.05) is 68.1 Å². The lowest BCUT2D eigenvalue weighted by Crippen LogP contribution is -2.52. The standard InChI is InChI=1S/C22H30ClN5O3S/c1-17(2)27-15-21(24-16-27)32(30,31)28-8-6-18(7-9-28)22(29)26-12-10-25(11-13-26)20-5-3-4-19(23)14-20/h3-5,14-18H,6-13H2,1-2H3. The fourth-order valence-electron chi connectivity index (χ4n) is 4.32. The Morgan fingerprint density at radius 1 is 1.09 bits per heavy atom. The summed E-state index contributed by atoms with van der Waals surface area (Å²) in [5.41, 5.74) is 1.07. The number of hydrogen-bond acceptors (Lipinski definition) is 5. The molecule has 1 aromatic carbocycles. The fourth-order valence-corrected chi connectivity index (χ4v) is 5.90. The molecule has 0 radical (unpaired) electrons. The summed E-state index contributed by atoms with van der Waals surface area (Å²) in [5.74, 6) is 0.00395. The molecule has 2 aromatic rings. The van der Waals surface area contributed by atoms with Gasteiger partial charge in [-0.3, -0.25) is 4.79 Å². The molecule has 1 aromatic heterocycles. The van der Waals surface area contributed by atoms with Gasteiger partial charge < -0.3 is 14.4 Å². The number of imidazole rings is 1. The van der Waals surface area contributed by atoms with Gasteiger partial charge >= 0.3 is 0 Å². The number of nitrogens with zero attached hydrogens (tertiary/aromatic N) is 5. The Labute approximate surface area is 194 Å². The Morgan fingerprint density at radius 3 is 2.38 bits per heavy atom. The van der Waals surface area contributed by atoms with Gasteiger partial charge in [0.1, 0.15) is 0 Å². The number of hydrogen-bond donors (Lipinski definition) is 0. The Morgan fingerprint density at radius 2 is 1.78 bits per heavy atom. The molecule has 0 aliphatic carbocycles. The van der Waals surface area contributed by atoms with Crippen molar-refractivity contribution < 1.29 is 13.2 Å². The van der Waals surface area contributed by atoms with E-state index in [1.54, 1.807) is 17.1 Å². The van der Waals surface area contributed by atoms with Gasteiger partial charge in [0.2, 0.25) is 5.91 Å². The van der Waals surface area contributed by atoms with Crippen molar-refractivity contribution in [3.8, 4) is 0 Å². The molecule has 2 aliphatic heterocycles. The summed E-state index contributed by atoms with van der Waals surface area (Å²) < 4.78 is 29.1. The first-order chi connectivity index (χ1) is 15.3. The Hall–Kier alpha value is -2.10. The smallest absolute Gasteiger partial charge is 0.262 e. The third kappa shape index (κ3) is 4.79. The SMILES string of the molecule is CC(C)n1cnc(S(=O)(=O)N2CCC(C(=O)N3CCN(c4cccc(Cl)c4)CC3)CC2)c1. The highest BCUT2D eigenvalue weighted by molar-refractivity contribution is 7.89. The average molecular weight is 480 g/mol. The van der Waals surface area contributed by atoms with Crippen LogP contribution in [-0.2, 0) is 14.8 Å². The first-order valence-corrected chi connectivity index (χ1v) is 12.9. The maximum Gasteiger partial charge on any atom is 0.262 e. The van der Waals surface area contributed by atoms with Gasteiger partial charge in [0.15, 0.2) is 5.03 Å². The van der Waals surface area contributed by atoms with Crippen LogP contribution in [0.4, 0.5) is 5.69 Å². The molecule has 3 heterocycles. The number of rotatable bonds is 5. The number of halogens is 1. The van der Waals surface area contributed by atoms with E-state index in [1.807, 2.05) is 43.0 Å². The van der Waals surface area contributed by atoms with Crippen LogP contribution in [-0.4, -0.2) is 72.3 Å². The molecule has 1 amide bonds. The van der Waals surface area contributed by atoms with E-state index in [0.717, 1.165) is 18.8 Å². The first-order valence-electron chi connectivity index (χ1n) is 11.1. The number of carbonyl (C=O) groups is 1. The van der Waals surface area contributed by atoms with E-state index in [-0.39, 0.29) is 22.9 Å². The Balaban J connectivity index is 1.31. The van der Waals surface area contributed by atoms with Gasteiger partial charge in [-0.05, 0) is 44.9 Å². The number of anilines is 1. The molecule has 2 saturated heterocycles. The molecule has 0 atom stereocenters. The van der Waals surface area contributed by atoms with Crippen LogP contribution in [0.15, 0.2) is 41.8 Å². The van der Waals surface area contributed by atoms with Gasteiger partial charge in [-0.1, -0.05) is 17.7 Å². The molecule has 32 heavy (non-hydrogen) atoms. The van der Waals surface area contributed by atoms with Crippen LogP contribution < -0.4 is 4.90 Å². The minimum Gasteiger partial charge on any atom is -0.368 e. The molecule has 0 N–H and O–H groups in total. The molecule has 10 heteroatoms. The topological polar surface area (TPSA) is 78.8 Å². The van der Waals surface area contributed by atoms with Crippen molar-refractivity contribution in [3.05, 3.63) is 41.8 Å². The summed E-state index contributed by atoms with van der Waals surface area (Å²) in [4.78, 5) is 21.3. The third-order valence-electron chi connectivity index (χ3n) is 6.35. The summed E-state index contributed by atoms with van der Waals surface area (Å²) in [6.07, 6.45) is 4.21. The third-order valence-corrected chi connectivity index (χ3v) is 8.37. The molecule has 0 spiro atoms.